The van der Waals surface area contributed by atoms with Gasteiger partial charge >= 0.3 is 0 Å². The lowest BCUT2D eigenvalue weighted by molar-refractivity contribution is -0.122. The van der Waals surface area contributed by atoms with Gasteiger partial charge in [0.2, 0.25) is 5.91 Å². The van der Waals surface area contributed by atoms with Crippen LogP contribution in [0.3, 0.4) is 0 Å². The second-order valence-electron chi connectivity index (χ2n) is 5.38. The lowest BCUT2D eigenvalue weighted by Gasteiger charge is -2.30. The molecule has 0 saturated carbocycles. The molecular formula is C15H20Cl2N2O. The number of benzene rings is 1. The van der Waals surface area contributed by atoms with E-state index < -0.39 is 0 Å². The fraction of sp³-hybridized carbons (Fsp3) is 0.533. The first-order chi connectivity index (χ1) is 9.56. The summed E-state index contributed by atoms with van der Waals surface area (Å²) < 4.78 is 0. The molecule has 2 unspecified atom stereocenters. The van der Waals surface area contributed by atoms with Gasteiger partial charge in [-0.15, -0.1) is 0 Å². The van der Waals surface area contributed by atoms with Gasteiger partial charge in [-0.1, -0.05) is 36.2 Å². The SMILES string of the molecule is CC1CCNCC1NC(=O)CCc1ccc(Cl)cc1Cl. The monoisotopic (exact) mass is 314 g/mol. The Hall–Kier alpha value is -0.770. The van der Waals surface area contributed by atoms with E-state index in [1.807, 2.05) is 6.07 Å². The molecule has 0 radical (unpaired) electrons. The number of carbonyl (C=O) groups excluding carboxylic acids is 1. The third-order valence-corrected chi connectivity index (χ3v) is 4.40. The third kappa shape index (κ3) is 4.37. The molecule has 0 bridgehead atoms. The fourth-order valence-corrected chi connectivity index (χ4v) is 2.94. The van der Waals surface area contributed by atoms with Crippen molar-refractivity contribution in [1.29, 1.82) is 0 Å². The molecule has 1 saturated heterocycles. The van der Waals surface area contributed by atoms with E-state index in [4.69, 9.17) is 23.2 Å². The van der Waals surface area contributed by atoms with Gasteiger partial charge in [-0.25, -0.2) is 0 Å². The van der Waals surface area contributed by atoms with Crippen LogP contribution in [-0.2, 0) is 11.2 Å². The van der Waals surface area contributed by atoms with Gasteiger partial charge in [-0.3, -0.25) is 4.79 Å². The average Bonchev–Trinajstić information content (AvgIpc) is 2.40. The van der Waals surface area contributed by atoms with Crippen molar-refractivity contribution in [2.45, 2.75) is 32.2 Å². The first kappa shape index (κ1) is 15.6. The van der Waals surface area contributed by atoms with Crippen molar-refractivity contribution in [3.05, 3.63) is 33.8 Å². The zero-order valence-corrected chi connectivity index (χ0v) is 13.1. The Labute approximate surface area is 130 Å². The van der Waals surface area contributed by atoms with Crippen LogP contribution in [0, 0.1) is 5.92 Å². The van der Waals surface area contributed by atoms with E-state index in [2.05, 4.69) is 17.6 Å². The molecule has 110 valence electrons. The maximum absolute atomic E-state index is 12.0. The second-order valence-corrected chi connectivity index (χ2v) is 6.22. The largest absolute Gasteiger partial charge is 0.352 e. The fourth-order valence-electron chi connectivity index (χ4n) is 2.43. The molecule has 0 spiro atoms. The van der Waals surface area contributed by atoms with E-state index in [1.165, 1.54) is 0 Å². The van der Waals surface area contributed by atoms with Crippen LogP contribution in [0.4, 0.5) is 0 Å². The minimum atomic E-state index is 0.0802. The standard InChI is InChI=1S/C15H20Cl2N2O/c1-10-6-7-18-9-14(10)19-15(20)5-3-11-2-4-12(16)8-13(11)17/h2,4,8,10,14,18H,3,5-7,9H2,1H3,(H,19,20). The van der Waals surface area contributed by atoms with Crippen LogP contribution in [0.5, 0.6) is 0 Å². The van der Waals surface area contributed by atoms with E-state index in [-0.39, 0.29) is 11.9 Å². The summed E-state index contributed by atoms with van der Waals surface area (Å²) in [5, 5.41) is 7.65. The highest BCUT2D eigenvalue weighted by molar-refractivity contribution is 6.35. The van der Waals surface area contributed by atoms with Crippen molar-refractivity contribution in [3.63, 3.8) is 0 Å². The van der Waals surface area contributed by atoms with Gasteiger partial charge in [0.05, 0.1) is 0 Å². The van der Waals surface area contributed by atoms with Crippen LogP contribution in [0.1, 0.15) is 25.3 Å². The highest BCUT2D eigenvalue weighted by Crippen LogP contribution is 2.22. The van der Waals surface area contributed by atoms with Gasteiger partial charge in [0.15, 0.2) is 0 Å². The smallest absolute Gasteiger partial charge is 0.220 e. The van der Waals surface area contributed by atoms with E-state index in [0.29, 0.717) is 28.8 Å². The van der Waals surface area contributed by atoms with Crippen LogP contribution in [0.25, 0.3) is 0 Å². The minimum Gasteiger partial charge on any atom is -0.352 e. The Morgan fingerprint density at radius 3 is 2.95 bits per heavy atom. The molecular weight excluding hydrogens is 295 g/mol. The lowest BCUT2D eigenvalue weighted by atomic mass is 9.94. The topological polar surface area (TPSA) is 41.1 Å². The predicted octanol–water partition coefficient (Wildman–Crippen LogP) is 3.04. The number of hydrogen-bond acceptors (Lipinski definition) is 2. The van der Waals surface area contributed by atoms with Gasteiger partial charge in [-0.2, -0.15) is 0 Å². The van der Waals surface area contributed by atoms with E-state index in [1.54, 1.807) is 12.1 Å². The number of halogens is 2. The normalized spacial score (nSPS) is 22.6. The molecule has 1 aliphatic rings. The highest BCUT2D eigenvalue weighted by atomic mass is 35.5. The molecule has 1 amide bonds. The number of amides is 1. The molecule has 2 atom stereocenters. The molecule has 20 heavy (non-hydrogen) atoms. The first-order valence-electron chi connectivity index (χ1n) is 7.00. The summed E-state index contributed by atoms with van der Waals surface area (Å²) in [5.74, 6) is 0.607. The van der Waals surface area contributed by atoms with E-state index >= 15 is 0 Å². The molecule has 2 rings (SSSR count). The minimum absolute atomic E-state index is 0.0802. The summed E-state index contributed by atoms with van der Waals surface area (Å²) in [6.07, 6.45) is 2.19. The number of hydrogen-bond donors (Lipinski definition) is 2. The number of rotatable bonds is 4. The molecule has 0 aromatic heterocycles. The number of carbonyl (C=O) groups is 1. The zero-order chi connectivity index (χ0) is 14.5. The first-order valence-corrected chi connectivity index (χ1v) is 7.76. The van der Waals surface area contributed by atoms with Crippen molar-refractivity contribution < 1.29 is 4.79 Å². The van der Waals surface area contributed by atoms with Crippen molar-refractivity contribution in [2.75, 3.05) is 13.1 Å². The Morgan fingerprint density at radius 1 is 1.45 bits per heavy atom. The number of nitrogens with one attached hydrogen (secondary N) is 2. The summed E-state index contributed by atoms with van der Waals surface area (Å²) in [6, 6.07) is 5.62. The summed E-state index contributed by atoms with van der Waals surface area (Å²) in [7, 11) is 0. The van der Waals surface area contributed by atoms with E-state index in [9.17, 15) is 4.79 Å². The van der Waals surface area contributed by atoms with Gasteiger partial charge in [-0.05, 0) is 43.0 Å². The molecule has 3 nitrogen and oxygen atoms in total. The lowest BCUT2D eigenvalue weighted by Crippen LogP contribution is -2.50. The van der Waals surface area contributed by atoms with Crippen molar-refractivity contribution in [2.24, 2.45) is 5.92 Å². The predicted molar refractivity (Wildman–Crippen MR) is 83.4 cm³/mol. The maximum atomic E-state index is 12.0. The van der Waals surface area contributed by atoms with Crippen molar-refractivity contribution >= 4 is 29.1 Å². The molecule has 1 heterocycles. The molecule has 1 fully saturated rings. The van der Waals surface area contributed by atoms with Gasteiger partial charge < -0.3 is 10.6 Å². The highest BCUT2D eigenvalue weighted by Gasteiger charge is 2.22. The van der Waals surface area contributed by atoms with Crippen LogP contribution >= 0.6 is 23.2 Å². The van der Waals surface area contributed by atoms with Gasteiger partial charge in [0.25, 0.3) is 0 Å². The zero-order valence-electron chi connectivity index (χ0n) is 11.6. The van der Waals surface area contributed by atoms with Gasteiger partial charge in [0.1, 0.15) is 0 Å². The molecule has 5 heteroatoms. The third-order valence-electron chi connectivity index (χ3n) is 3.81. The molecule has 1 aromatic rings. The van der Waals surface area contributed by atoms with Crippen LogP contribution in [0.15, 0.2) is 18.2 Å². The Morgan fingerprint density at radius 2 is 2.25 bits per heavy atom. The molecule has 1 aliphatic heterocycles. The second kappa shape index (κ2) is 7.30. The molecule has 2 N–H and O–H groups in total. The number of aryl methyl sites for hydroxylation is 1. The summed E-state index contributed by atoms with van der Waals surface area (Å²) >= 11 is 12.0. The van der Waals surface area contributed by atoms with Crippen LogP contribution < -0.4 is 10.6 Å². The molecule has 0 aliphatic carbocycles. The average molecular weight is 315 g/mol. The van der Waals surface area contributed by atoms with Crippen LogP contribution in [0.2, 0.25) is 10.0 Å². The maximum Gasteiger partial charge on any atom is 0.220 e. The van der Waals surface area contributed by atoms with Crippen molar-refractivity contribution in [3.8, 4) is 0 Å². The summed E-state index contributed by atoms with van der Waals surface area (Å²) in [6.45, 7) is 4.07. The number of piperidine rings is 1. The summed E-state index contributed by atoms with van der Waals surface area (Å²) in [4.78, 5) is 12.0. The Balaban J connectivity index is 1.82. The van der Waals surface area contributed by atoms with Crippen molar-refractivity contribution in [1.82, 2.24) is 10.6 Å². The Bertz CT molecular complexity index is 479. The summed E-state index contributed by atoms with van der Waals surface area (Å²) in [5.41, 5.74) is 0.959. The van der Waals surface area contributed by atoms with Crippen LogP contribution in [-0.4, -0.2) is 25.0 Å². The van der Waals surface area contributed by atoms with E-state index in [0.717, 1.165) is 25.1 Å². The van der Waals surface area contributed by atoms with Gasteiger partial charge in [0, 0.05) is 29.1 Å². The Kier molecular flexibility index (Phi) is 5.70. The quantitative estimate of drug-likeness (QED) is 0.897. The molecule has 1 aromatic carbocycles.